The number of ether oxygens (including phenoxy) is 1. The molecule has 1 aromatic carbocycles. The van der Waals surface area contributed by atoms with Crippen LogP contribution >= 0.6 is 0 Å². The number of nitrogens with zero attached hydrogens (tertiary/aromatic N) is 2. The molecule has 0 saturated heterocycles. The monoisotopic (exact) mass is 286 g/mol. The van der Waals surface area contributed by atoms with Gasteiger partial charge in [-0.2, -0.15) is 4.98 Å². The summed E-state index contributed by atoms with van der Waals surface area (Å²) >= 11 is 0. The average Bonchev–Trinajstić information content (AvgIpc) is 2.86. The molecule has 0 amide bonds. The van der Waals surface area contributed by atoms with Gasteiger partial charge in [0, 0.05) is 6.42 Å². The molecule has 0 bridgehead atoms. The molecule has 2 N–H and O–H groups in total. The molecule has 0 saturated carbocycles. The van der Waals surface area contributed by atoms with Gasteiger partial charge in [-0.15, -0.1) is 0 Å². The van der Waals surface area contributed by atoms with Crippen molar-refractivity contribution in [1.82, 2.24) is 10.1 Å². The maximum Gasteiger partial charge on any atom is 0.261 e. The van der Waals surface area contributed by atoms with E-state index in [4.69, 9.17) is 9.26 Å². The summed E-state index contributed by atoms with van der Waals surface area (Å²) in [6.07, 6.45) is -2.31. The lowest BCUT2D eigenvalue weighted by Gasteiger charge is -2.00. The summed E-state index contributed by atoms with van der Waals surface area (Å²) < 4.78 is 33.3. The summed E-state index contributed by atoms with van der Waals surface area (Å²) in [6, 6.07) is 3.88. The van der Waals surface area contributed by atoms with Crippen LogP contribution in [0.5, 0.6) is 11.5 Å². The molecule has 0 unspecified atom stereocenters. The van der Waals surface area contributed by atoms with Crippen molar-refractivity contribution >= 4 is 0 Å². The van der Waals surface area contributed by atoms with Crippen molar-refractivity contribution in [2.24, 2.45) is 0 Å². The zero-order chi connectivity index (χ0) is 14.5. The first-order valence-electron chi connectivity index (χ1n) is 5.77. The van der Waals surface area contributed by atoms with Crippen molar-refractivity contribution in [2.75, 3.05) is 13.2 Å². The standard InChI is InChI=1S/C12H12F2N2O4/c13-10(14)6-19-4-3-11-15-12(20-16-11)8-5-7(17)1-2-9(8)18/h1-2,5,10,17-18H,3-4,6H2. The lowest BCUT2D eigenvalue weighted by molar-refractivity contribution is 0.0182. The Balaban J connectivity index is 2.00. The molecule has 0 radical (unpaired) electrons. The fourth-order valence-electron chi connectivity index (χ4n) is 1.50. The van der Waals surface area contributed by atoms with Crippen LogP contribution in [0.15, 0.2) is 22.7 Å². The fraction of sp³-hybridized carbons (Fsp3) is 0.333. The predicted octanol–water partition coefficient (Wildman–Crippen LogP) is 1.97. The molecule has 0 aliphatic heterocycles. The van der Waals surface area contributed by atoms with E-state index >= 15 is 0 Å². The van der Waals surface area contributed by atoms with Gasteiger partial charge in [-0.1, -0.05) is 5.16 Å². The highest BCUT2D eigenvalue weighted by molar-refractivity contribution is 5.64. The van der Waals surface area contributed by atoms with Crippen LogP contribution in [0.3, 0.4) is 0 Å². The summed E-state index contributed by atoms with van der Waals surface area (Å²) in [4.78, 5) is 3.98. The lowest BCUT2D eigenvalue weighted by Crippen LogP contribution is -2.07. The van der Waals surface area contributed by atoms with Crippen LogP contribution in [0.1, 0.15) is 5.82 Å². The van der Waals surface area contributed by atoms with Crippen LogP contribution in [-0.2, 0) is 11.2 Å². The van der Waals surface area contributed by atoms with Gasteiger partial charge in [-0.05, 0) is 18.2 Å². The Kier molecular flexibility index (Phi) is 4.46. The Morgan fingerprint density at radius 1 is 1.30 bits per heavy atom. The van der Waals surface area contributed by atoms with Gasteiger partial charge in [-0.25, -0.2) is 8.78 Å². The van der Waals surface area contributed by atoms with Crippen molar-refractivity contribution in [3.8, 4) is 23.0 Å². The van der Waals surface area contributed by atoms with Gasteiger partial charge in [0.15, 0.2) is 5.82 Å². The zero-order valence-corrected chi connectivity index (χ0v) is 10.3. The number of aromatic nitrogens is 2. The van der Waals surface area contributed by atoms with Gasteiger partial charge in [-0.3, -0.25) is 0 Å². The van der Waals surface area contributed by atoms with Gasteiger partial charge in [0.1, 0.15) is 18.1 Å². The maximum atomic E-state index is 11.8. The second-order valence-corrected chi connectivity index (χ2v) is 3.93. The number of hydrogen-bond donors (Lipinski definition) is 2. The van der Waals surface area contributed by atoms with Crippen molar-refractivity contribution in [2.45, 2.75) is 12.8 Å². The molecular weight excluding hydrogens is 274 g/mol. The first-order chi connectivity index (χ1) is 9.56. The molecule has 108 valence electrons. The molecular formula is C12H12F2N2O4. The predicted molar refractivity (Wildman–Crippen MR) is 63.6 cm³/mol. The highest BCUT2D eigenvalue weighted by atomic mass is 19.3. The smallest absolute Gasteiger partial charge is 0.261 e. The third-order valence-electron chi connectivity index (χ3n) is 2.39. The second-order valence-electron chi connectivity index (χ2n) is 3.93. The Morgan fingerprint density at radius 2 is 2.10 bits per heavy atom. The Labute approximate surface area is 112 Å². The van der Waals surface area contributed by atoms with E-state index < -0.39 is 13.0 Å². The molecule has 8 heteroatoms. The minimum Gasteiger partial charge on any atom is -0.508 e. The van der Waals surface area contributed by atoms with E-state index in [-0.39, 0.29) is 41.8 Å². The summed E-state index contributed by atoms with van der Waals surface area (Å²) in [5.74, 6) is 0.115. The van der Waals surface area contributed by atoms with Crippen LogP contribution in [-0.4, -0.2) is 40.0 Å². The van der Waals surface area contributed by atoms with E-state index in [1.807, 2.05) is 0 Å². The summed E-state index contributed by atoms with van der Waals surface area (Å²) in [6.45, 7) is -0.604. The number of hydrogen-bond acceptors (Lipinski definition) is 6. The maximum absolute atomic E-state index is 11.8. The fourth-order valence-corrected chi connectivity index (χ4v) is 1.50. The number of aromatic hydroxyl groups is 2. The molecule has 2 rings (SSSR count). The van der Waals surface area contributed by atoms with Crippen molar-refractivity contribution in [1.29, 1.82) is 0 Å². The number of halogens is 2. The van der Waals surface area contributed by atoms with E-state index in [1.165, 1.54) is 18.2 Å². The Hall–Kier alpha value is -2.22. The van der Waals surface area contributed by atoms with E-state index in [0.717, 1.165) is 0 Å². The van der Waals surface area contributed by atoms with Gasteiger partial charge in [0.25, 0.3) is 12.3 Å². The zero-order valence-electron chi connectivity index (χ0n) is 10.3. The van der Waals surface area contributed by atoms with Gasteiger partial charge < -0.3 is 19.5 Å². The number of benzene rings is 1. The molecule has 1 aromatic heterocycles. The van der Waals surface area contributed by atoms with Crippen LogP contribution in [0.4, 0.5) is 8.78 Å². The molecule has 0 spiro atoms. The quantitative estimate of drug-likeness (QED) is 0.623. The largest absolute Gasteiger partial charge is 0.508 e. The average molecular weight is 286 g/mol. The summed E-state index contributed by atoms with van der Waals surface area (Å²) in [5.41, 5.74) is 0.192. The molecule has 6 nitrogen and oxygen atoms in total. The Morgan fingerprint density at radius 3 is 2.85 bits per heavy atom. The summed E-state index contributed by atoms with van der Waals surface area (Å²) in [5, 5.41) is 22.6. The number of phenols is 2. The minimum absolute atomic E-state index is 0.0299. The van der Waals surface area contributed by atoms with Crippen molar-refractivity contribution in [3.63, 3.8) is 0 Å². The molecule has 20 heavy (non-hydrogen) atoms. The first kappa shape index (κ1) is 14.2. The third-order valence-corrected chi connectivity index (χ3v) is 2.39. The molecule has 1 heterocycles. The first-order valence-corrected chi connectivity index (χ1v) is 5.77. The van der Waals surface area contributed by atoms with E-state index in [0.29, 0.717) is 0 Å². The highest BCUT2D eigenvalue weighted by Crippen LogP contribution is 2.30. The molecule has 0 fully saturated rings. The Bertz CT molecular complexity index is 574. The van der Waals surface area contributed by atoms with Crippen LogP contribution in [0, 0.1) is 0 Å². The SMILES string of the molecule is Oc1ccc(O)c(-c2nc(CCOCC(F)F)no2)c1. The highest BCUT2D eigenvalue weighted by Gasteiger charge is 2.13. The normalized spacial score (nSPS) is 11.2. The number of phenolic OH excluding ortho intramolecular Hbond substituents is 2. The second kappa shape index (κ2) is 6.29. The van der Waals surface area contributed by atoms with Gasteiger partial charge in [0.2, 0.25) is 0 Å². The molecule has 0 atom stereocenters. The van der Waals surface area contributed by atoms with Gasteiger partial charge in [0.05, 0.1) is 12.2 Å². The lowest BCUT2D eigenvalue weighted by atomic mass is 10.2. The summed E-state index contributed by atoms with van der Waals surface area (Å²) in [7, 11) is 0. The number of rotatable bonds is 6. The third kappa shape index (κ3) is 3.64. The van der Waals surface area contributed by atoms with Crippen molar-refractivity contribution < 1.29 is 28.3 Å². The van der Waals surface area contributed by atoms with Crippen LogP contribution < -0.4 is 0 Å². The number of alkyl halides is 2. The van der Waals surface area contributed by atoms with Gasteiger partial charge >= 0.3 is 0 Å². The molecule has 2 aromatic rings. The van der Waals surface area contributed by atoms with Crippen molar-refractivity contribution in [3.05, 3.63) is 24.0 Å². The van der Waals surface area contributed by atoms with Crippen LogP contribution in [0.25, 0.3) is 11.5 Å². The van der Waals surface area contributed by atoms with E-state index in [9.17, 15) is 19.0 Å². The van der Waals surface area contributed by atoms with E-state index in [2.05, 4.69) is 10.1 Å². The molecule has 0 aliphatic rings. The molecule has 0 aliphatic carbocycles. The van der Waals surface area contributed by atoms with Crippen LogP contribution in [0.2, 0.25) is 0 Å². The van der Waals surface area contributed by atoms with E-state index in [1.54, 1.807) is 0 Å². The minimum atomic E-state index is -2.51. The topological polar surface area (TPSA) is 88.6 Å².